The van der Waals surface area contributed by atoms with E-state index in [4.69, 9.17) is 0 Å². The number of Topliss-reactive ketones (excluding diaryl/α,β-unsaturated/α-hetero) is 1. The van der Waals surface area contributed by atoms with E-state index in [9.17, 15) is 14.0 Å². The molecule has 136 valence electrons. The Morgan fingerprint density at radius 3 is 2.35 bits per heavy atom. The number of urea groups is 1. The number of rotatable bonds is 4. The number of likely N-dealkylation sites (tertiary alicyclic amines) is 1. The van der Waals surface area contributed by atoms with Crippen LogP contribution in [0.3, 0.4) is 0 Å². The van der Waals surface area contributed by atoms with E-state index in [1.807, 2.05) is 0 Å². The molecular formula is C20H22FN3O2. The van der Waals surface area contributed by atoms with Crippen LogP contribution in [0.4, 0.5) is 20.6 Å². The summed E-state index contributed by atoms with van der Waals surface area (Å²) in [5, 5.41) is 5.33. The van der Waals surface area contributed by atoms with E-state index >= 15 is 0 Å². The number of piperidine rings is 1. The van der Waals surface area contributed by atoms with E-state index < -0.39 is 6.03 Å². The first kappa shape index (κ1) is 18.1. The number of nitrogens with one attached hydrogen (secondary N) is 2. The summed E-state index contributed by atoms with van der Waals surface area (Å²) >= 11 is 0. The lowest BCUT2D eigenvalue weighted by Gasteiger charge is -2.28. The fourth-order valence-electron chi connectivity index (χ4n) is 3.08. The molecule has 2 aromatic rings. The van der Waals surface area contributed by atoms with Gasteiger partial charge in [0.2, 0.25) is 0 Å². The summed E-state index contributed by atoms with van der Waals surface area (Å²) in [4.78, 5) is 27.0. The Kier molecular flexibility index (Phi) is 5.63. The van der Waals surface area contributed by atoms with Crippen molar-refractivity contribution in [3.05, 3.63) is 59.9 Å². The maximum Gasteiger partial charge on any atom is 0.323 e. The average Bonchev–Trinajstić information content (AvgIpc) is 2.64. The molecule has 5 nitrogen and oxygen atoms in total. The number of anilines is 2. The van der Waals surface area contributed by atoms with Crippen LogP contribution in [0, 0.1) is 11.7 Å². The Labute approximate surface area is 152 Å². The van der Waals surface area contributed by atoms with Gasteiger partial charge in [0.05, 0.1) is 0 Å². The molecule has 26 heavy (non-hydrogen) atoms. The van der Waals surface area contributed by atoms with Crippen LogP contribution in [-0.2, 0) is 0 Å². The summed E-state index contributed by atoms with van der Waals surface area (Å²) in [5.41, 5.74) is 1.64. The van der Waals surface area contributed by atoms with Gasteiger partial charge in [-0.15, -0.1) is 0 Å². The Hall–Kier alpha value is -2.73. The van der Waals surface area contributed by atoms with Crippen molar-refractivity contribution in [1.29, 1.82) is 0 Å². The molecule has 0 atom stereocenters. The zero-order valence-corrected chi connectivity index (χ0v) is 14.7. The van der Waals surface area contributed by atoms with E-state index in [-0.39, 0.29) is 17.5 Å². The number of carbonyl (C=O) groups excluding carboxylic acids is 2. The predicted octanol–water partition coefficient (Wildman–Crippen LogP) is 3.99. The molecule has 1 heterocycles. The van der Waals surface area contributed by atoms with Crippen LogP contribution in [0.15, 0.2) is 48.5 Å². The van der Waals surface area contributed by atoms with E-state index in [1.165, 1.54) is 24.3 Å². The summed E-state index contributed by atoms with van der Waals surface area (Å²) in [5.74, 6) is -0.203. The molecule has 3 rings (SSSR count). The third kappa shape index (κ3) is 4.67. The summed E-state index contributed by atoms with van der Waals surface area (Å²) in [6.07, 6.45) is 1.72. The first-order chi connectivity index (χ1) is 12.5. The van der Waals surface area contributed by atoms with Crippen LogP contribution in [0.2, 0.25) is 0 Å². The molecule has 1 saturated heterocycles. The van der Waals surface area contributed by atoms with Crippen LogP contribution >= 0.6 is 0 Å². The van der Waals surface area contributed by atoms with Gasteiger partial charge in [0.1, 0.15) is 5.82 Å². The lowest BCUT2D eigenvalue weighted by Crippen LogP contribution is -2.33. The largest absolute Gasteiger partial charge is 0.323 e. The van der Waals surface area contributed by atoms with Gasteiger partial charge in [-0.05, 0) is 69.4 Å². The number of benzene rings is 2. The number of carbonyl (C=O) groups is 2. The third-order valence-electron chi connectivity index (χ3n) is 4.60. The molecule has 1 aliphatic rings. The second-order valence-electron chi connectivity index (χ2n) is 6.61. The number of nitrogens with zero attached hydrogens (tertiary/aromatic N) is 1. The van der Waals surface area contributed by atoms with Gasteiger partial charge in [-0.2, -0.15) is 0 Å². The highest BCUT2D eigenvalue weighted by Crippen LogP contribution is 2.22. The van der Waals surface area contributed by atoms with Crippen LogP contribution in [-0.4, -0.2) is 36.9 Å². The van der Waals surface area contributed by atoms with Gasteiger partial charge >= 0.3 is 6.03 Å². The lowest BCUT2D eigenvalue weighted by atomic mass is 9.89. The van der Waals surface area contributed by atoms with Crippen molar-refractivity contribution in [2.75, 3.05) is 30.8 Å². The highest BCUT2D eigenvalue weighted by Gasteiger charge is 2.24. The molecule has 2 N–H and O–H groups in total. The Bertz CT molecular complexity index is 784. The molecule has 0 aliphatic carbocycles. The third-order valence-corrected chi connectivity index (χ3v) is 4.60. The van der Waals surface area contributed by atoms with Crippen molar-refractivity contribution >= 4 is 23.2 Å². The Morgan fingerprint density at radius 1 is 1.00 bits per heavy atom. The van der Waals surface area contributed by atoms with Crippen molar-refractivity contribution in [2.24, 2.45) is 5.92 Å². The molecule has 2 aromatic carbocycles. The highest BCUT2D eigenvalue weighted by molar-refractivity contribution is 6.02. The van der Waals surface area contributed by atoms with E-state index in [0.29, 0.717) is 16.9 Å². The van der Waals surface area contributed by atoms with Gasteiger partial charge in [0.15, 0.2) is 5.78 Å². The number of amides is 2. The fraction of sp³-hybridized carbons (Fsp3) is 0.300. The molecule has 1 aliphatic heterocycles. The van der Waals surface area contributed by atoms with Crippen LogP contribution in [0.25, 0.3) is 0 Å². The van der Waals surface area contributed by atoms with Gasteiger partial charge in [0.25, 0.3) is 0 Å². The van der Waals surface area contributed by atoms with Crippen molar-refractivity contribution in [1.82, 2.24) is 4.90 Å². The summed E-state index contributed by atoms with van der Waals surface area (Å²) in [6, 6.07) is 12.0. The molecular weight excluding hydrogens is 333 g/mol. The molecule has 0 bridgehead atoms. The van der Waals surface area contributed by atoms with Gasteiger partial charge in [-0.1, -0.05) is 12.1 Å². The first-order valence-electron chi connectivity index (χ1n) is 8.67. The monoisotopic (exact) mass is 355 g/mol. The van der Waals surface area contributed by atoms with Crippen molar-refractivity contribution in [3.63, 3.8) is 0 Å². The Morgan fingerprint density at radius 2 is 1.65 bits per heavy atom. The molecule has 0 aromatic heterocycles. The second kappa shape index (κ2) is 8.10. The standard InChI is InChI=1S/C20H22FN3O2/c1-24-11-9-14(10-12-24)19(25)15-3-2-4-18(13-15)23-20(26)22-17-7-5-16(21)6-8-17/h2-8,13-14H,9-12H2,1H3,(H2,22,23,26). The van der Waals surface area contributed by atoms with Crippen molar-refractivity contribution in [2.45, 2.75) is 12.8 Å². The molecule has 1 fully saturated rings. The van der Waals surface area contributed by atoms with E-state index in [1.54, 1.807) is 24.3 Å². The predicted molar refractivity (Wildman–Crippen MR) is 100 cm³/mol. The molecule has 2 amide bonds. The SMILES string of the molecule is CN1CCC(C(=O)c2cccc(NC(=O)Nc3ccc(F)cc3)c2)CC1. The summed E-state index contributed by atoms with van der Waals surface area (Å²) in [7, 11) is 2.06. The molecule has 0 radical (unpaired) electrons. The number of hydrogen-bond donors (Lipinski definition) is 2. The summed E-state index contributed by atoms with van der Waals surface area (Å²) in [6.45, 7) is 1.85. The molecule has 0 spiro atoms. The zero-order chi connectivity index (χ0) is 18.5. The van der Waals surface area contributed by atoms with E-state index in [2.05, 4.69) is 22.6 Å². The summed E-state index contributed by atoms with van der Waals surface area (Å²) < 4.78 is 12.9. The number of halogens is 1. The van der Waals surface area contributed by atoms with Crippen molar-refractivity contribution < 1.29 is 14.0 Å². The minimum atomic E-state index is -0.444. The normalized spacial score (nSPS) is 15.5. The number of hydrogen-bond acceptors (Lipinski definition) is 3. The van der Waals surface area contributed by atoms with Gasteiger partial charge in [-0.25, -0.2) is 9.18 Å². The fourth-order valence-corrected chi connectivity index (χ4v) is 3.08. The highest BCUT2D eigenvalue weighted by atomic mass is 19.1. The van der Waals surface area contributed by atoms with Gasteiger partial charge in [-0.3, -0.25) is 4.79 Å². The molecule has 0 saturated carbocycles. The lowest BCUT2D eigenvalue weighted by molar-refractivity contribution is 0.0857. The van der Waals surface area contributed by atoms with Crippen LogP contribution in [0.5, 0.6) is 0 Å². The topological polar surface area (TPSA) is 61.4 Å². The van der Waals surface area contributed by atoms with Gasteiger partial charge < -0.3 is 15.5 Å². The minimum Gasteiger partial charge on any atom is -0.308 e. The zero-order valence-electron chi connectivity index (χ0n) is 14.7. The van der Waals surface area contributed by atoms with Gasteiger partial charge in [0, 0.05) is 22.9 Å². The quantitative estimate of drug-likeness (QED) is 0.815. The number of ketones is 1. The molecule has 6 heteroatoms. The Balaban J connectivity index is 1.62. The van der Waals surface area contributed by atoms with Crippen molar-refractivity contribution in [3.8, 4) is 0 Å². The van der Waals surface area contributed by atoms with E-state index in [0.717, 1.165) is 25.9 Å². The van der Waals surface area contributed by atoms with Crippen LogP contribution in [0.1, 0.15) is 23.2 Å². The first-order valence-corrected chi connectivity index (χ1v) is 8.67. The minimum absolute atomic E-state index is 0.0366. The second-order valence-corrected chi connectivity index (χ2v) is 6.61. The van der Waals surface area contributed by atoms with Crippen LogP contribution < -0.4 is 10.6 Å². The maximum atomic E-state index is 12.9. The smallest absolute Gasteiger partial charge is 0.308 e. The maximum absolute atomic E-state index is 12.9. The average molecular weight is 355 g/mol. The molecule has 0 unspecified atom stereocenters.